The molecule has 0 aromatic heterocycles. The van der Waals surface area contributed by atoms with Gasteiger partial charge in [0.15, 0.2) is 0 Å². The van der Waals surface area contributed by atoms with E-state index in [1.807, 2.05) is 0 Å². The van der Waals surface area contributed by atoms with Crippen molar-refractivity contribution in [3.8, 4) is 11.5 Å². The van der Waals surface area contributed by atoms with Gasteiger partial charge in [-0.15, -0.1) is 0 Å². The number of phenolic OH excluding ortho intramolecular Hbond substituents is 2. The first-order valence-electron chi connectivity index (χ1n) is 11.2. The summed E-state index contributed by atoms with van der Waals surface area (Å²) in [4.78, 5) is 8.50. The van der Waals surface area contributed by atoms with E-state index >= 15 is 0 Å². The maximum Gasteiger partial charge on any atom is 0.416 e. The van der Waals surface area contributed by atoms with Gasteiger partial charge in [-0.05, 0) is 72.1 Å². The van der Waals surface area contributed by atoms with Crippen LogP contribution in [-0.4, -0.2) is 22.6 Å². The maximum absolute atomic E-state index is 13.3. The van der Waals surface area contributed by atoms with Crippen molar-refractivity contribution in [2.75, 3.05) is 0 Å². The van der Waals surface area contributed by atoms with Crippen LogP contribution in [0.5, 0.6) is 11.5 Å². The highest BCUT2D eigenvalue weighted by Gasteiger charge is 2.32. The predicted octanol–water partition coefficient (Wildman–Crippen LogP) is 8.41. The minimum atomic E-state index is -4.63. The number of aliphatic imine (C=N–C) groups is 2. The van der Waals surface area contributed by atoms with E-state index in [2.05, 4.69) is 9.98 Å². The zero-order valence-corrected chi connectivity index (χ0v) is 20.0. The smallest absolute Gasteiger partial charge is 0.416 e. The minimum Gasteiger partial charge on any atom is -0.507 e. The van der Waals surface area contributed by atoms with Crippen LogP contribution in [-0.2, 0) is 12.4 Å². The Morgan fingerprint density at radius 2 is 0.974 bits per heavy atom. The van der Waals surface area contributed by atoms with Gasteiger partial charge in [-0.2, -0.15) is 26.3 Å². The fraction of sp³-hybridized carbons (Fsp3) is 0.143. The summed E-state index contributed by atoms with van der Waals surface area (Å²) in [5.41, 5.74) is -1.89. The highest BCUT2D eigenvalue weighted by Crippen LogP contribution is 2.37. The molecule has 0 amide bonds. The van der Waals surface area contributed by atoms with Crippen LogP contribution in [0.3, 0.4) is 0 Å². The lowest BCUT2D eigenvalue weighted by Gasteiger charge is -2.11. The Balaban J connectivity index is 1.83. The Labute approximate surface area is 213 Å². The third-order valence-corrected chi connectivity index (χ3v) is 5.84. The van der Waals surface area contributed by atoms with E-state index in [0.717, 1.165) is 47.5 Å². The lowest BCUT2D eigenvalue weighted by atomic mass is 10.0. The van der Waals surface area contributed by atoms with Crippen molar-refractivity contribution in [2.45, 2.75) is 26.2 Å². The van der Waals surface area contributed by atoms with Crippen LogP contribution in [0.15, 0.2) is 70.6 Å². The van der Waals surface area contributed by atoms with Gasteiger partial charge in [0, 0.05) is 23.6 Å². The van der Waals surface area contributed by atoms with Crippen molar-refractivity contribution in [3.63, 3.8) is 0 Å². The summed E-state index contributed by atoms with van der Waals surface area (Å²) >= 11 is 0. The van der Waals surface area contributed by atoms with Crippen molar-refractivity contribution in [1.82, 2.24) is 0 Å². The van der Waals surface area contributed by atoms with Gasteiger partial charge in [-0.3, -0.25) is 9.98 Å². The second-order valence-electron chi connectivity index (χ2n) is 8.66. The van der Waals surface area contributed by atoms with Crippen LogP contribution in [0.4, 0.5) is 37.7 Å². The van der Waals surface area contributed by atoms with E-state index in [1.165, 1.54) is 13.8 Å². The molecule has 0 unspecified atom stereocenters. The summed E-state index contributed by atoms with van der Waals surface area (Å²) in [6.07, 6.45) is -7.14. The van der Waals surface area contributed by atoms with Crippen LogP contribution in [0.1, 0.15) is 33.4 Å². The molecular weight excluding hydrogens is 510 g/mol. The number of hydrogen-bond acceptors (Lipinski definition) is 4. The molecule has 0 radical (unpaired) electrons. The van der Waals surface area contributed by atoms with Crippen molar-refractivity contribution < 1.29 is 36.6 Å². The molecule has 4 aromatic rings. The molecule has 0 saturated carbocycles. The summed E-state index contributed by atoms with van der Waals surface area (Å²) in [7, 11) is 0. The van der Waals surface area contributed by atoms with E-state index in [4.69, 9.17) is 0 Å². The first-order valence-corrected chi connectivity index (χ1v) is 11.2. The average molecular weight is 530 g/mol. The minimum absolute atomic E-state index is 0.00780. The number of benzene rings is 4. The van der Waals surface area contributed by atoms with E-state index in [9.17, 15) is 36.6 Å². The normalized spacial score (nSPS) is 12.7. The molecule has 10 heteroatoms. The van der Waals surface area contributed by atoms with Crippen molar-refractivity contribution in [2.24, 2.45) is 9.98 Å². The molecule has 0 aliphatic rings. The van der Waals surface area contributed by atoms with Crippen LogP contribution >= 0.6 is 0 Å². The highest BCUT2D eigenvalue weighted by atomic mass is 19.4. The molecule has 0 heterocycles. The number of aromatic hydroxyl groups is 2. The molecule has 0 fully saturated rings. The highest BCUT2D eigenvalue weighted by molar-refractivity contribution is 5.96. The summed E-state index contributed by atoms with van der Waals surface area (Å²) in [6.45, 7) is 2.66. The molecular formula is C28H20F6N2O2. The average Bonchev–Trinajstić information content (AvgIpc) is 2.84. The van der Waals surface area contributed by atoms with E-state index in [-0.39, 0.29) is 45.1 Å². The maximum atomic E-state index is 13.3. The van der Waals surface area contributed by atoms with Gasteiger partial charge in [0.05, 0.1) is 22.5 Å². The van der Waals surface area contributed by atoms with Crippen LogP contribution in [0.25, 0.3) is 10.8 Å². The second-order valence-corrected chi connectivity index (χ2v) is 8.66. The van der Waals surface area contributed by atoms with E-state index in [1.54, 1.807) is 36.4 Å². The monoisotopic (exact) mass is 530 g/mol. The third kappa shape index (κ3) is 5.64. The number of aryl methyl sites for hydroxylation is 2. The molecule has 4 rings (SSSR count). The van der Waals surface area contributed by atoms with Crippen molar-refractivity contribution in [3.05, 3.63) is 94.0 Å². The molecule has 4 aromatic carbocycles. The van der Waals surface area contributed by atoms with Gasteiger partial charge in [-0.1, -0.05) is 24.3 Å². The number of nitrogens with zero attached hydrogens (tertiary/aromatic N) is 2. The van der Waals surface area contributed by atoms with Gasteiger partial charge in [-0.25, -0.2) is 0 Å². The number of phenols is 2. The first-order chi connectivity index (χ1) is 17.7. The number of hydrogen-bond donors (Lipinski definition) is 2. The summed E-state index contributed by atoms with van der Waals surface area (Å²) in [5, 5.41) is 22.0. The Kier molecular flexibility index (Phi) is 6.92. The molecule has 0 aliphatic carbocycles. The summed E-state index contributed by atoms with van der Waals surface area (Å²) in [5.74, 6) is -0.756. The van der Waals surface area contributed by atoms with Gasteiger partial charge in [0.25, 0.3) is 0 Å². The summed E-state index contributed by atoms with van der Waals surface area (Å²) in [6, 6.07) is 13.5. The van der Waals surface area contributed by atoms with Crippen molar-refractivity contribution >= 4 is 34.6 Å². The Hall–Kier alpha value is -4.34. The zero-order chi connectivity index (χ0) is 27.8. The number of alkyl halides is 6. The SMILES string of the molecule is Cc1cc(C(F)(F)F)cc(C=Nc2cc3ccccc3cc2N=Cc2cc(C(F)(F)F)cc(C)c2O)c1O. The first kappa shape index (κ1) is 26.7. The van der Waals surface area contributed by atoms with Gasteiger partial charge < -0.3 is 10.2 Å². The van der Waals surface area contributed by atoms with Crippen LogP contribution in [0.2, 0.25) is 0 Å². The van der Waals surface area contributed by atoms with Gasteiger partial charge in [0.1, 0.15) is 11.5 Å². The molecule has 0 saturated heterocycles. The summed E-state index contributed by atoms with van der Waals surface area (Å²) < 4.78 is 79.6. The molecule has 0 aliphatic heterocycles. The fourth-order valence-corrected chi connectivity index (χ4v) is 3.84. The fourth-order valence-electron chi connectivity index (χ4n) is 3.84. The standard InChI is InChI=1S/C28H20F6N2O2/c1-15-7-21(27(29,30)31)9-19(25(15)37)13-35-23-11-17-5-3-4-6-18(17)12-24(23)36-14-20-10-22(28(32,33)34)8-16(2)26(20)38/h3-14,37-38H,1-2H3. The lowest BCUT2D eigenvalue weighted by molar-refractivity contribution is -0.138. The Bertz CT molecular complexity index is 1470. The molecule has 0 bridgehead atoms. The van der Waals surface area contributed by atoms with Crippen LogP contribution in [0, 0.1) is 13.8 Å². The van der Waals surface area contributed by atoms with Crippen molar-refractivity contribution in [1.29, 1.82) is 0 Å². The Morgan fingerprint density at radius 1 is 0.605 bits per heavy atom. The topological polar surface area (TPSA) is 65.2 Å². The molecule has 38 heavy (non-hydrogen) atoms. The zero-order valence-electron chi connectivity index (χ0n) is 20.0. The third-order valence-electron chi connectivity index (χ3n) is 5.84. The molecule has 196 valence electrons. The second kappa shape index (κ2) is 9.85. The molecule has 2 N–H and O–H groups in total. The Morgan fingerprint density at radius 3 is 1.32 bits per heavy atom. The quantitative estimate of drug-likeness (QED) is 0.206. The number of fused-ring (bicyclic) bond motifs is 1. The lowest BCUT2D eigenvalue weighted by Crippen LogP contribution is -2.06. The van der Waals surface area contributed by atoms with E-state index < -0.39 is 23.5 Å². The predicted molar refractivity (Wildman–Crippen MR) is 134 cm³/mol. The van der Waals surface area contributed by atoms with E-state index in [0.29, 0.717) is 0 Å². The largest absolute Gasteiger partial charge is 0.507 e. The van der Waals surface area contributed by atoms with Gasteiger partial charge >= 0.3 is 12.4 Å². The number of halogens is 6. The molecule has 0 atom stereocenters. The molecule has 4 nitrogen and oxygen atoms in total. The number of rotatable bonds is 4. The van der Waals surface area contributed by atoms with Gasteiger partial charge in [0.2, 0.25) is 0 Å². The molecule has 0 spiro atoms. The van der Waals surface area contributed by atoms with Crippen LogP contribution < -0.4 is 0 Å².